The molecule has 17 heteroatoms. The molecule has 2 atom stereocenters. The molecule has 50 heavy (non-hydrogen) atoms. The van der Waals surface area contributed by atoms with E-state index in [-0.39, 0.29) is 97.0 Å². The Morgan fingerprint density at radius 3 is 2.36 bits per heavy atom. The number of amides is 2. The van der Waals surface area contributed by atoms with E-state index in [9.17, 15) is 23.2 Å². The molecule has 3 heterocycles. The minimum absolute atomic E-state index is 0.0385. The van der Waals surface area contributed by atoms with Gasteiger partial charge in [-0.25, -0.2) is 27.0 Å². The van der Waals surface area contributed by atoms with E-state index in [0.29, 0.717) is 18.5 Å². The average molecular weight is 738 g/mol. The van der Waals surface area contributed by atoms with E-state index >= 15 is 8.78 Å². The monoisotopic (exact) mass is 737 g/mol. The molecule has 272 valence electrons. The highest BCUT2D eigenvalue weighted by molar-refractivity contribution is 7.89. The fourth-order valence-electron chi connectivity index (χ4n) is 6.71. The Balaban J connectivity index is 1.19. The highest BCUT2D eigenvalue weighted by atomic mass is 35.5. The van der Waals surface area contributed by atoms with Gasteiger partial charge in [-0.05, 0) is 70.0 Å². The minimum Gasteiger partial charge on any atom is -0.633 e. The number of rotatable bonds is 9. The first-order chi connectivity index (χ1) is 23.5. The number of hydroxylamine groups is 2. The van der Waals surface area contributed by atoms with Crippen molar-refractivity contribution >= 4 is 45.1 Å². The summed E-state index contributed by atoms with van der Waals surface area (Å²) in [6.45, 7) is 5.76. The zero-order valence-corrected chi connectivity index (χ0v) is 29.8. The quantitative estimate of drug-likeness (QED) is 0.223. The van der Waals surface area contributed by atoms with E-state index in [0.717, 1.165) is 6.07 Å². The summed E-state index contributed by atoms with van der Waals surface area (Å²) in [6, 6.07) is 9.40. The molecular formula is C33H42ClF2N7O6S. The molecule has 3 fully saturated rings. The predicted molar refractivity (Wildman–Crippen MR) is 181 cm³/mol. The van der Waals surface area contributed by atoms with Crippen molar-refractivity contribution < 1.29 is 36.6 Å². The Labute approximate surface area is 295 Å². The summed E-state index contributed by atoms with van der Waals surface area (Å²) in [5.41, 5.74) is -0.469. The standard InChI is InChI=1S/C33H42ClF2N7O6S/c1-32(2,3)49-31(45)38-24-20-30(44)42(21-24)25-8-10-27(11-9-25)50(47,48)41-16-14-40(15-17-41)29-19-23(18-28(34)39-29)33(35,36)22-4-6-26(7-5-22)43(46)13-12-37/h8-11,18-19,22,24,26,43H,4-7,13-17,20-21H2,1-3H3,(H,38,45)/t22?,24-,26?/m1/s1. The van der Waals surface area contributed by atoms with Crippen LogP contribution in [0, 0.1) is 22.5 Å². The van der Waals surface area contributed by atoms with Gasteiger partial charge in [-0.15, -0.1) is 0 Å². The van der Waals surface area contributed by atoms with Crippen LogP contribution in [0.15, 0.2) is 41.3 Å². The maximum Gasteiger partial charge on any atom is 0.407 e. The first kappa shape index (κ1) is 37.6. The highest BCUT2D eigenvalue weighted by Crippen LogP contribution is 2.44. The van der Waals surface area contributed by atoms with E-state index in [1.54, 1.807) is 37.8 Å². The number of hydrogen-bond donors (Lipinski definition) is 2. The van der Waals surface area contributed by atoms with Crippen LogP contribution in [0.5, 0.6) is 0 Å². The van der Waals surface area contributed by atoms with E-state index in [4.69, 9.17) is 21.6 Å². The molecule has 0 spiro atoms. The van der Waals surface area contributed by atoms with Gasteiger partial charge in [-0.2, -0.15) is 9.57 Å². The average Bonchev–Trinajstić information content (AvgIpc) is 3.43. The molecule has 13 nitrogen and oxygen atoms in total. The lowest BCUT2D eigenvalue weighted by molar-refractivity contribution is -0.870. The number of pyridine rings is 1. The molecule has 0 radical (unpaired) electrons. The van der Waals surface area contributed by atoms with Gasteiger partial charge >= 0.3 is 6.09 Å². The second-order valence-corrected chi connectivity index (χ2v) is 16.3. The molecule has 2 aromatic rings. The van der Waals surface area contributed by atoms with Crippen molar-refractivity contribution in [3.05, 3.63) is 52.3 Å². The summed E-state index contributed by atoms with van der Waals surface area (Å²) in [5, 5.41) is 23.3. The maximum absolute atomic E-state index is 15.7. The number of nitrogens with one attached hydrogen (secondary N) is 2. The number of halogens is 3. The van der Waals surface area contributed by atoms with Gasteiger partial charge in [0.15, 0.2) is 6.54 Å². The van der Waals surface area contributed by atoms with Gasteiger partial charge in [-0.3, -0.25) is 4.79 Å². The van der Waals surface area contributed by atoms with Crippen LogP contribution in [-0.4, -0.2) is 86.7 Å². The summed E-state index contributed by atoms with van der Waals surface area (Å²) >= 11 is 6.22. The summed E-state index contributed by atoms with van der Waals surface area (Å²) in [5.74, 6) is -4.21. The van der Waals surface area contributed by atoms with Crippen molar-refractivity contribution in [2.45, 2.75) is 81.4 Å². The Morgan fingerprint density at radius 1 is 1.12 bits per heavy atom. The number of piperazine rings is 1. The fourth-order valence-corrected chi connectivity index (χ4v) is 8.33. The normalized spacial score (nSPS) is 23.0. The van der Waals surface area contributed by atoms with Gasteiger partial charge < -0.3 is 30.1 Å². The maximum atomic E-state index is 15.7. The number of alkyl halides is 2. The molecule has 2 aliphatic heterocycles. The summed E-state index contributed by atoms with van der Waals surface area (Å²) in [7, 11) is -3.91. The molecule has 5 rings (SSSR count). The number of quaternary nitrogens is 1. The van der Waals surface area contributed by atoms with Gasteiger partial charge in [0.05, 0.1) is 17.0 Å². The highest BCUT2D eigenvalue weighted by Gasteiger charge is 2.45. The largest absolute Gasteiger partial charge is 0.633 e. The molecule has 1 aromatic carbocycles. The Hall–Kier alpha value is -3.62. The topological polar surface area (TPSA) is 163 Å². The second-order valence-electron chi connectivity index (χ2n) is 13.9. The molecular weight excluding hydrogens is 696 g/mol. The van der Waals surface area contributed by atoms with Crippen molar-refractivity contribution in [1.82, 2.24) is 14.6 Å². The zero-order chi connectivity index (χ0) is 36.4. The van der Waals surface area contributed by atoms with Crippen molar-refractivity contribution in [2.75, 3.05) is 49.1 Å². The number of carbonyl (C=O) groups excluding carboxylic acids is 2. The zero-order valence-electron chi connectivity index (χ0n) is 28.2. The second kappa shape index (κ2) is 14.9. The summed E-state index contributed by atoms with van der Waals surface area (Å²) in [6.07, 6.45) is 0.345. The van der Waals surface area contributed by atoms with Gasteiger partial charge in [0.25, 0.3) is 5.92 Å². The van der Waals surface area contributed by atoms with Crippen LogP contribution in [0.4, 0.5) is 25.1 Å². The number of hydrogen-bond acceptors (Lipinski definition) is 9. The van der Waals surface area contributed by atoms with Crippen LogP contribution in [0.25, 0.3) is 0 Å². The van der Waals surface area contributed by atoms with Gasteiger partial charge in [0.2, 0.25) is 15.9 Å². The number of nitriles is 1. The van der Waals surface area contributed by atoms with Gasteiger partial charge in [-0.1, -0.05) is 11.6 Å². The first-order valence-electron chi connectivity index (χ1n) is 16.6. The number of sulfonamides is 1. The molecule has 1 aliphatic carbocycles. The van der Waals surface area contributed by atoms with E-state index in [1.807, 2.05) is 6.07 Å². The SMILES string of the molecule is CC(C)(C)OC(=O)N[C@@H]1CC(=O)N(c2ccc(S(=O)(=O)N3CCN(c4cc(C(F)(F)C5CCC([NH+]([O-])CC#N)CC5)cc(Cl)n4)CC3)cc2)C1. The Bertz CT molecular complexity index is 1700. The lowest BCUT2D eigenvalue weighted by Crippen LogP contribution is -3.11. The fraction of sp³-hybridized carbons (Fsp3) is 0.576. The van der Waals surface area contributed by atoms with Crippen molar-refractivity contribution in [2.24, 2.45) is 5.92 Å². The number of alkyl carbamates (subject to hydrolysis) is 1. The van der Waals surface area contributed by atoms with Crippen LogP contribution in [-0.2, 0) is 25.5 Å². The number of aromatic nitrogens is 1. The third-order valence-corrected chi connectivity index (χ3v) is 11.4. The van der Waals surface area contributed by atoms with Crippen LogP contribution < -0.4 is 20.2 Å². The van der Waals surface area contributed by atoms with E-state index in [2.05, 4.69) is 10.3 Å². The number of carbonyl (C=O) groups is 2. The molecule has 0 bridgehead atoms. The lowest BCUT2D eigenvalue weighted by atomic mass is 9.80. The van der Waals surface area contributed by atoms with Crippen LogP contribution in [0.1, 0.15) is 58.4 Å². The van der Waals surface area contributed by atoms with Crippen molar-refractivity contribution in [1.29, 1.82) is 5.26 Å². The molecule has 2 amide bonds. The number of anilines is 2. The Kier molecular flexibility index (Phi) is 11.2. The van der Waals surface area contributed by atoms with E-state index < -0.39 is 39.6 Å². The molecule has 3 aliphatic rings. The number of benzene rings is 1. The van der Waals surface area contributed by atoms with E-state index in [1.165, 1.54) is 27.4 Å². The third-order valence-electron chi connectivity index (χ3n) is 9.31. The lowest BCUT2D eigenvalue weighted by Gasteiger charge is -2.38. The third kappa shape index (κ3) is 8.63. The molecule has 2 N–H and O–H groups in total. The first-order valence-corrected chi connectivity index (χ1v) is 18.4. The summed E-state index contributed by atoms with van der Waals surface area (Å²) < 4.78 is 65.1. The summed E-state index contributed by atoms with van der Waals surface area (Å²) in [4.78, 5) is 32.3. The predicted octanol–water partition coefficient (Wildman–Crippen LogP) is 3.43. The van der Waals surface area contributed by atoms with Crippen LogP contribution in [0.3, 0.4) is 0 Å². The van der Waals surface area contributed by atoms with Crippen LogP contribution >= 0.6 is 11.6 Å². The number of nitrogens with zero attached hydrogens (tertiary/aromatic N) is 5. The Morgan fingerprint density at radius 2 is 1.76 bits per heavy atom. The van der Waals surface area contributed by atoms with Gasteiger partial charge in [0.1, 0.15) is 22.6 Å². The minimum atomic E-state index is -3.91. The smallest absolute Gasteiger partial charge is 0.407 e. The van der Waals surface area contributed by atoms with Gasteiger partial charge in [0, 0.05) is 69.2 Å². The van der Waals surface area contributed by atoms with Crippen molar-refractivity contribution in [3.8, 4) is 6.07 Å². The molecule has 1 aromatic heterocycles. The molecule has 1 saturated carbocycles. The number of ether oxygens (including phenoxy) is 1. The molecule has 2 saturated heterocycles. The van der Waals surface area contributed by atoms with Crippen molar-refractivity contribution in [3.63, 3.8) is 0 Å². The molecule has 1 unspecified atom stereocenters. The van der Waals surface area contributed by atoms with Crippen LogP contribution in [0.2, 0.25) is 5.15 Å².